The first-order valence-electron chi connectivity index (χ1n) is 5.25. The topological polar surface area (TPSA) is 17.1 Å². The van der Waals surface area contributed by atoms with E-state index < -0.39 is 0 Å². The number of fused-ring (bicyclic) bond motifs is 1. The van der Waals surface area contributed by atoms with Crippen molar-refractivity contribution in [1.82, 2.24) is 0 Å². The highest BCUT2D eigenvalue weighted by Gasteiger charge is 2.42. The predicted molar refractivity (Wildman–Crippen MR) is 53.4 cm³/mol. The van der Waals surface area contributed by atoms with Crippen molar-refractivity contribution in [3.05, 3.63) is 11.1 Å². The first-order chi connectivity index (χ1) is 6.02. The van der Waals surface area contributed by atoms with Gasteiger partial charge in [0.2, 0.25) is 0 Å². The highest BCUT2D eigenvalue weighted by molar-refractivity contribution is 5.98. The van der Waals surface area contributed by atoms with Crippen LogP contribution in [0.1, 0.15) is 46.5 Å². The Balaban J connectivity index is 2.39. The molecule has 1 fully saturated rings. The van der Waals surface area contributed by atoms with Crippen molar-refractivity contribution in [3.8, 4) is 0 Å². The number of carbonyl (C=O) groups excluding carboxylic acids is 1. The van der Waals surface area contributed by atoms with E-state index >= 15 is 0 Å². The van der Waals surface area contributed by atoms with Crippen LogP contribution in [0.15, 0.2) is 11.1 Å². The van der Waals surface area contributed by atoms with Crippen LogP contribution in [0, 0.1) is 11.3 Å². The fourth-order valence-electron chi connectivity index (χ4n) is 2.90. The Morgan fingerprint density at radius 3 is 2.62 bits per heavy atom. The summed E-state index contributed by atoms with van der Waals surface area (Å²) in [6.45, 7) is 6.75. The van der Waals surface area contributed by atoms with Gasteiger partial charge < -0.3 is 0 Å². The highest BCUT2D eigenvalue weighted by Crippen LogP contribution is 2.49. The average Bonchev–Trinajstić information content (AvgIpc) is 2.42. The minimum Gasteiger partial charge on any atom is -0.295 e. The molecule has 0 bridgehead atoms. The Kier molecular flexibility index (Phi) is 1.86. The Hall–Kier alpha value is -0.590. The molecule has 0 aromatic heterocycles. The van der Waals surface area contributed by atoms with Crippen LogP contribution in [0.3, 0.4) is 0 Å². The van der Waals surface area contributed by atoms with Crippen LogP contribution in [-0.4, -0.2) is 5.78 Å². The molecule has 2 aliphatic rings. The van der Waals surface area contributed by atoms with Gasteiger partial charge in [-0.25, -0.2) is 0 Å². The molecule has 0 heterocycles. The molecule has 0 aromatic rings. The highest BCUT2D eigenvalue weighted by atomic mass is 16.1. The van der Waals surface area contributed by atoms with E-state index in [9.17, 15) is 4.79 Å². The van der Waals surface area contributed by atoms with E-state index in [1.165, 1.54) is 17.6 Å². The molecule has 0 spiro atoms. The van der Waals surface area contributed by atoms with Crippen molar-refractivity contribution in [2.24, 2.45) is 11.3 Å². The smallest absolute Gasteiger partial charge is 0.159 e. The number of Topliss-reactive ketones (excluding diaryl/α,β-unsaturated/α-hetero) is 1. The summed E-state index contributed by atoms with van der Waals surface area (Å²) >= 11 is 0. The zero-order valence-corrected chi connectivity index (χ0v) is 8.81. The first-order valence-corrected chi connectivity index (χ1v) is 5.25. The van der Waals surface area contributed by atoms with Crippen molar-refractivity contribution >= 4 is 5.78 Å². The van der Waals surface area contributed by atoms with E-state index in [1.54, 1.807) is 0 Å². The van der Waals surface area contributed by atoms with Crippen LogP contribution >= 0.6 is 0 Å². The van der Waals surface area contributed by atoms with Gasteiger partial charge in [-0.05, 0) is 43.1 Å². The molecule has 2 aliphatic carbocycles. The Morgan fingerprint density at radius 2 is 2.00 bits per heavy atom. The molecular weight excluding hydrogens is 160 g/mol. The van der Waals surface area contributed by atoms with E-state index in [4.69, 9.17) is 0 Å². The van der Waals surface area contributed by atoms with Crippen LogP contribution in [0.5, 0.6) is 0 Å². The minimum absolute atomic E-state index is 0.362. The lowest BCUT2D eigenvalue weighted by molar-refractivity contribution is -0.118. The summed E-state index contributed by atoms with van der Waals surface area (Å²) in [5, 5.41) is 0. The standard InChI is InChI=1S/C12H18O/c1-8-4-5-9-11(8)10(13)6-7-12(9,2)3/h9H,4-7H2,1-3H3. The van der Waals surface area contributed by atoms with E-state index in [-0.39, 0.29) is 0 Å². The average molecular weight is 178 g/mol. The molecule has 1 atom stereocenters. The maximum absolute atomic E-state index is 11.7. The van der Waals surface area contributed by atoms with Gasteiger partial charge in [0.25, 0.3) is 0 Å². The fourth-order valence-corrected chi connectivity index (χ4v) is 2.90. The molecule has 0 amide bonds. The third kappa shape index (κ3) is 1.25. The van der Waals surface area contributed by atoms with Crippen LogP contribution in [-0.2, 0) is 4.79 Å². The molecule has 2 rings (SSSR count). The summed E-state index contributed by atoms with van der Waals surface area (Å²) in [5.74, 6) is 0.994. The van der Waals surface area contributed by atoms with Crippen molar-refractivity contribution in [2.75, 3.05) is 0 Å². The second-order valence-corrected chi connectivity index (χ2v) is 5.20. The lowest BCUT2D eigenvalue weighted by Gasteiger charge is -2.37. The van der Waals surface area contributed by atoms with E-state index in [0.29, 0.717) is 17.1 Å². The zero-order chi connectivity index (χ0) is 9.64. The number of hydrogen-bond donors (Lipinski definition) is 0. The Labute approximate surface area is 80.2 Å². The number of carbonyl (C=O) groups is 1. The molecule has 0 radical (unpaired) electrons. The van der Waals surface area contributed by atoms with Crippen molar-refractivity contribution in [1.29, 1.82) is 0 Å². The first kappa shape index (κ1) is 8.98. The van der Waals surface area contributed by atoms with E-state index in [2.05, 4.69) is 20.8 Å². The Bertz CT molecular complexity index is 283. The molecule has 1 unspecified atom stereocenters. The van der Waals surface area contributed by atoms with Crippen LogP contribution in [0.4, 0.5) is 0 Å². The van der Waals surface area contributed by atoms with Gasteiger partial charge in [-0.3, -0.25) is 4.79 Å². The molecule has 1 heteroatoms. The summed E-state index contributed by atoms with van der Waals surface area (Å²) < 4.78 is 0. The zero-order valence-electron chi connectivity index (χ0n) is 8.81. The van der Waals surface area contributed by atoms with Crippen molar-refractivity contribution in [3.63, 3.8) is 0 Å². The van der Waals surface area contributed by atoms with Crippen LogP contribution < -0.4 is 0 Å². The quantitative estimate of drug-likeness (QED) is 0.557. The van der Waals surface area contributed by atoms with Crippen molar-refractivity contribution in [2.45, 2.75) is 46.5 Å². The normalized spacial score (nSPS) is 32.2. The van der Waals surface area contributed by atoms with E-state index in [1.807, 2.05) is 0 Å². The number of hydrogen-bond acceptors (Lipinski definition) is 1. The fraction of sp³-hybridized carbons (Fsp3) is 0.750. The summed E-state index contributed by atoms with van der Waals surface area (Å²) in [5.41, 5.74) is 2.92. The molecule has 0 saturated heterocycles. The third-order valence-corrected chi connectivity index (χ3v) is 3.86. The molecule has 0 aliphatic heterocycles. The molecule has 0 N–H and O–H groups in total. The van der Waals surface area contributed by atoms with Gasteiger partial charge in [-0.2, -0.15) is 0 Å². The molecule has 1 nitrogen and oxygen atoms in total. The second-order valence-electron chi connectivity index (χ2n) is 5.20. The number of rotatable bonds is 0. The summed E-state index contributed by atoms with van der Waals surface area (Å²) in [6.07, 6.45) is 4.21. The van der Waals surface area contributed by atoms with Crippen LogP contribution in [0.2, 0.25) is 0 Å². The maximum Gasteiger partial charge on any atom is 0.159 e. The van der Waals surface area contributed by atoms with Gasteiger partial charge in [0.1, 0.15) is 0 Å². The summed E-state index contributed by atoms with van der Waals surface area (Å²) in [4.78, 5) is 11.7. The van der Waals surface area contributed by atoms with Gasteiger partial charge in [0.15, 0.2) is 5.78 Å². The summed E-state index contributed by atoms with van der Waals surface area (Å²) in [7, 11) is 0. The third-order valence-electron chi connectivity index (χ3n) is 3.86. The van der Waals surface area contributed by atoms with Gasteiger partial charge >= 0.3 is 0 Å². The molecule has 0 aromatic carbocycles. The van der Waals surface area contributed by atoms with Crippen molar-refractivity contribution < 1.29 is 4.79 Å². The lowest BCUT2D eigenvalue weighted by Crippen LogP contribution is -2.32. The van der Waals surface area contributed by atoms with Crippen LogP contribution in [0.25, 0.3) is 0 Å². The van der Waals surface area contributed by atoms with Gasteiger partial charge in [0.05, 0.1) is 0 Å². The van der Waals surface area contributed by atoms with Gasteiger partial charge in [-0.1, -0.05) is 19.4 Å². The second kappa shape index (κ2) is 2.70. The van der Waals surface area contributed by atoms with Gasteiger partial charge in [0, 0.05) is 6.42 Å². The minimum atomic E-state index is 0.362. The van der Waals surface area contributed by atoms with E-state index in [0.717, 1.165) is 19.3 Å². The number of ketones is 1. The maximum atomic E-state index is 11.7. The molecule has 1 saturated carbocycles. The monoisotopic (exact) mass is 178 g/mol. The molecule has 72 valence electrons. The predicted octanol–water partition coefficient (Wildman–Crippen LogP) is 3.10. The Morgan fingerprint density at radius 1 is 1.31 bits per heavy atom. The SMILES string of the molecule is CC1=C2C(=O)CCC(C)(C)C2CC1. The summed E-state index contributed by atoms with van der Waals surface area (Å²) in [6, 6.07) is 0. The molecular formula is C12H18O. The van der Waals surface area contributed by atoms with Gasteiger partial charge in [-0.15, -0.1) is 0 Å². The lowest BCUT2D eigenvalue weighted by atomic mass is 9.66. The molecule has 13 heavy (non-hydrogen) atoms. The number of allylic oxidation sites excluding steroid dienone is 2. The largest absolute Gasteiger partial charge is 0.295 e.